The molecule has 0 fully saturated rings. The first-order valence-corrected chi connectivity index (χ1v) is 14.6. The molecule has 0 amide bonds. The SMILES string of the molecule is COCCCN1C2=C(C(=O)CCC2)C(c2cc(Cl)c(OCc3ccc(Br)cc3)c(OC)c2)C2=C1CCCC2=O. The van der Waals surface area contributed by atoms with E-state index in [0.29, 0.717) is 42.6 Å². The van der Waals surface area contributed by atoms with Gasteiger partial charge in [0.1, 0.15) is 6.61 Å². The molecule has 0 bridgehead atoms. The minimum absolute atomic E-state index is 0.105. The molecule has 0 unspecified atom stereocenters. The number of ether oxygens (including phenoxy) is 3. The molecule has 0 saturated heterocycles. The highest BCUT2D eigenvalue weighted by molar-refractivity contribution is 9.10. The van der Waals surface area contributed by atoms with Gasteiger partial charge in [0.15, 0.2) is 23.1 Å². The van der Waals surface area contributed by atoms with Crippen LogP contribution in [-0.4, -0.2) is 43.8 Å². The van der Waals surface area contributed by atoms with Crippen molar-refractivity contribution in [2.75, 3.05) is 27.4 Å². The number of hydrogen-bond donors (Lipinski definition) is 0. The molecule has 6 nitrogen and oxygen atoms in total. The third kappa shape index (κ3) is 5.67. The lowest BCUT2D eigenvalue weighted by atomic mass is 9.71. The second-order valence-corrected chi connectivity index (χ2v) is 11.5. The first-order valence-electron chi connectivity index (χ1n) is 13.5. The fourth-order valence-corrected chi connectivity index (χ4v) is 6.51. The van der Waals surface area contributed by atoms with Crippen molar-refractivity contribution in [3.05, 3.63) is 79.6 Å². The van der Waals surface area contributed by atoms with Gasteiger partial charge in [-0.3, -0.25) is 9.59 Å². The maximum Gasteiger partial charge on any atom is 0.180 e. The Bertz CT molecular complexity index is 1290. The van der Waals surface area contributed by atoms with E-state index in [2.05, 4.69) is 20.8 Å². The van der Waals surface area contributed by atoms with Crippen LogP contribution in [0.3, 0.4) is 0 Å². The van der Waals surface area contributed by atoms with E-state index in [1.54, 1.807) is 14.2 Å². The molecule has 2 aromatic rings. The maximum atomic E-state index is 13.5. The van der Waals surface area contributed by atoms with E-state index in [9.17, 15) is 9.59 Å². The number of allylic oxidation sites excluding steroid dienone is 4. The van der Waals surface area contributed by atoms with E-state index in [-0.39, 0.29) is 11.6 Å². The summed E-state index contributed by atoms with van der Waals surface area (Å²) in [4.78, 5) is 29.3. The molecule has 1 heterocycles. The lowest BCUT2D eigenvalue weighted by molar-refractivity contribution is -0.117. The maximum absolute atomic E-state index is 13.5. The number of methoxy groups -OCH3 is 2. The summed E-state index contributed by atoms with van der Waals surface area (Å²) in [6.45, 7) is 1.68. The molecule has 5 rings (SSSR count). The van der Waals surface area contributed by atoms with E-state index in [4.69, 9.17) is 25.8 Å². The lowest BCUT2D eigenvalue weighted by Gasteiger charge is -2.44. The van der Waals surface area contributed by atoms with Crippen LogP contribution in [0.15, 0.2) is 63.4 Å². The van der Waals surface area contributed by atoms with Crippen molar-refractivity contribution in [1.29, 1.82) is 0 Å². The van der Waals surface area contributed by atoms with Gasteiger partial charge in [0.05, 0.1) is 12.1 Å². The van der Waals surface area contributed by atoms with E-state index in [0.717, 1.165) is 76.8 Å². The first-order chi connectivity index (χ1) is 18.9. The van der Waals surface area contributed by atoms with Crippen molar-refractivity contribution < 1.29 is 23.8 Å². The van der Waals surface area contributed by atoms with Gasteiger partial charge in [-0.25, -0.2) is 0 Å². The van der Waals surface area contributed by atoms with Gasteiger partial charge >= 0.3 is 0 Å². The van der Waals surface area contributed by atoms with Crippen molar-refractivity contribution in [2.24, 2.45) is 0 Å². The summed E-state index contributed by atoms with van der Waals surface area (Å²) in [6.07, 6.45) is 5.04. The molecule has 39 heavy (non-hydrogen) atoms. The van der Waals surface area contributed by atoms with Crippen LogP contribution in [-0.2, 0) is 20.9 Å². The number of benzene rings is 2. The highest BCUT2D eigenvalue weighted by Crippen LogP contribution is 2.51. The predicted molar refractivity (Wildman–Crippen MR) is 154 cm³/mol. The van der Waals surface area contributed by atoms with Crippen LogP contribution in [0.2, 0.25) is 5.02 Å². The molecule has 0 N–H and O–H groups in total. The summed E-state index contributed by atoms with van der Waals surface area (Å²) < 4.78 is 18.1. The smallest absolute Gasteiger partial charge is 0.180 e. The molecule has 206 valence electrons. The van der Waals surface area contributed by atoms with E-state index in [1.165, 1.54) is 0 Å². The summed E-state index contributed by atoms with van der Waals surface area (Å²) in [7, 11) is 3.27. The molecular formula is C31H33BrClNO5. The highest BCUT2D eigenvalue weighted by Gasteiger charge is 2.43. The topological polar surface area (TPSA) is 65.1 Å². The molecule has 8 heteroatoms. The molecule has 0 spiro atoms. The summed E-state index contributed by atoms with van der Waals surface area (Å²) in [5.74, 6) is 0.674. The molecule has 3 aliphatic rings. The second kappa shape index (κ2) is 12.3. The van der Waals surface area contributed by atoms with Gasteiger partial charge in [-0.1, -0.05) is 39.7 Å². The summed E-state index contributed by atoms with van der Waals surface area (Å²) in [6, 6.07) is 11.6. The van der Waals surface area contributed by atoms with Crippen LogP contribution in [0.25, 0.3) is 0 Å². The minimum atomic E-state index is -0.457. The Morgan fingerprint density at radius 2 is 1.59 bits per heavy atom. The molecule has 2 aliphatic carbocycles. The minimum Gasteiger partial charge on any atom is -0.493 e. The third-order valence-corrected chi connectivity index (χ3v) is 8.51. The zero-order valence-corrected chi connectivity index (χ0v) is 24.7. The fourth-order valence-electron chi connectivity index (χ4n) is 5.97. The predicted octanol–water partition coefficient (Wildman–Crippen LogP) is 7.14. The number of carbonyl (C=O) groups is 2. The molecule has 0 saturated carbocycles. The Labute approximate surface area is 243 Å². The van der Waals surface area contributed by atoms with Gasteiger partial charge in [0, 0.05) is 66.0 Å². The van der Waals surface area contributed by atoms with Crippen molar-refractivity contribution in [3.63, 3.8) is 0 Å². The normalized spacial score (nSPS) is 17.9. The van der Waals surface area contributed by atoms with E-state index >= 15 is 0 Å². The Hall–Kier alpha value is -2.61. The van der Waals surface area contributed by atoms with Crippen LogP contribution < -0.4 is 9.47 Å². The van der Waals surface area contributed by atoms with Crippen LogP contribution >= 0.6 is 27.5 Å². The number of nitrogens with zero attached hydrogens (tertiary/aromatic N) is 1. The molecule has 0 atom stereocenters. The standard InChI is InChI=1S/C31H33BrClNO5/c1-37-15-5-14-34-23-6-3-8-25(35)29(23)28(30-24(34)7-4-9-26(30)36)20-16-22(33)31(27(17-20)38-2)39-18-19-10-12-21(32)13-11-19/h10-13,16-17,28H,3-9,14-15,18H2,1-2H3. The highest BCUT2D eigenvalue weighted by atomic mass is 79.9. The monoisotopic (exact) mass is 613 g/mol. The number of carbonyl (C=O) groups excluding carboxylic acids is 2. The van der Waals surface area contributed by atoms with Gasteiger partial charge in [0.2, 0.25) is 0 Å². The number of rotatable bonds is 9. The average Bonchev–Trinajstić information content (AvgIpc) is 2.93. The number of hydrogen-bond acceptors (Lipinski definition) is 6. The van der Waals surface area contributed by atoms with Crippen LogP contribution in [0, 0.1) is 0 Å². The lowest BCUT2D eigenvalue weighted by Crippen LogP contribution is -2.39. The quantitative estimate of drug-likeness (QED) is 0.280. The molecular weight excluding hydrogens is 582 g/mol. The number of ketones is 2. The Kier molecular flexibility index (Phi) is 8.79. The fraction of sp³-hybridized carbons (Fsp3) is 0.419. The van der Waals surface area contributed by atoms with E-state index in [1.807, 2.05) is 36.4 Å². The Morgan fingerprint density at radius 3 is 2.18 bits per heavy atom. The van der Waals surface area contributed by atoms with Gasteiger partial charge in [-0.2, -0.15) is 0 Å². The zero-order chi connectivity index (χ0) is 27.5. The van der Waals surface area contributed by atoms with Crippen LogP contribution in [0.1, 0.15) is 62.0 Å². The van der Waals surface area contributed by atoms with Crippen LogP contribution in [0.5, 0.6) is 11.5 Å². The van der Waals surface area contributed by atoms with Gasteiger partial charge in [0.25, 0.3) is 0 Å². The van der Waals surface area contributed by atoms with Crippen molar-refractivity contribution in [1.82, 2.24) is 4.90 Å². The Balaban J connectivity index is 1.57. The van der Waals surface area contributed by atoms with Crippen LogP contribution in [0.4, 0.5) is 0 Å². The molecule has 2 aromatic carbocycles. The first kappa shape index (κ1) is 27.9. The van der Waals surface area contributed by atoms with Crippen molar-refractivity contribution in [2.45, 2.75) is 57.5 Å². The third-order valence-electron chi connectivity index (χ3n) is 7.70. The summed E-state index contributed by atoms with van der Waals surface area (Å²) in [5, 5.41) is 0.389. The van der Waals surface area contributed by atoms with E-state index < -0.39 is 5.92 Å². The van der Waals surface area contributed by atoms with Crippen molar-refractivity contribution >= 4 is 39.1 Å². The molecule has 1 aliphatic heterocycles. The second-order valence-electron chi connectivity index (χ2n) is 10.2. The largest absolute Gasteiger partial charge is 0.493 e. The molecule has 0 radical (unpaired) electrons. The average molecular weight is 615 g/mol. The van der Waals surface area contributed by atoms with Gasteiger partial charge in [-0.05, 0) is 67.5 Å². The van der Waals surface area contributed by atoms with Gasteiger partial charge in [-0.15, -0.1) is 0 Å². The number of Topliss-reactive ketones (excluding diaryl/α,β-unsaturated/α-hetero) is 2. The summed E-state index contributed by atoms with van der Waals surface area (Å²) in [5.41, 5.74) is 5.34. The Morgan fingerprint density at radius 1 is 0.949 bits per heavy atom. The number of halogens is 2. The van der Waals surface area contributed by atoms with Gasteiger partial charge < -0.3 is 19.1 Å². The zero-order valence-electron chi connectivity index (χ0n) is 22.4. The van der Waals surface area contributed by atoms with Crippen molar-refractivity contribution in [3.8, 4) is 11.5 Å². The summed E-state index contributed by atoms with van der Waals surface area (Å²) >= 11 is 10.3. The molecule has 0 aromatic heterocycles.